The van der Waals surface area contributed by atoms with Gasteiger partial charge in [0.05, 0.1) is 21.2 Å². The van der Waals surface area contributed by atoms with Crippen LogP contribution in [0.15, 0.2) is 36.4 Å². The van der Waals surface area contributed by atoms with Crippen LogP contribution in [-0.4, -0.2) is 46.0 Å². The minimum absolute atomic E-state index is 0.0506. The van der Waals surface area contributed by atoms with Crippen LogP contribution in [0.5, 0.6) is 5.75 Å². The molecule has 0 saturated carbocycles. The van der Waals surface area contributed by atoms with Crippen LogP contribution in [0.2, 0.25) is 10.0 Å². The van der Waals surface area contributed by atoms with Crippen molar-refractivity contribution in [3.63, 3.8) is 0 Å². The SMILES string of the molecule is CC(C)(C)OC(=O)C1CCCN1C(=O)Oc1ccc(Cl)cc1C(=O)Nc1ccc([N+](=O)[O-])cc1Cl. The van der Waals surface area contributed by atoms with E-state index >= 15 is 0 Å². The molecule has 186 valence electrons. The largest absolute Gasteiger partial charge is 0.458 e. The summed E-state index contributed by atoms with van der Waals surface area (Å²) in [5, 5.41) is 13.6. The fourth-order valence-electron chi connectivity index (χ4n) is 3.43. The quantitative estimate of drug-likeness (QED) is 0.313. The maximum absolute atomic E-state index is 12.9. The van der Waals surface area contributed by atoms with Crippen LogP contribution in [0.3, 0.4) is 0 Å². The Kier molecular flexibility index (Phi) is 7.86. The molecule has 2 aromatic rings. The average molecular weight is 524 g/mol. The van der Waals surface area contributed by atoms with Crippen LogP contribution < -0.4 is 10.1 Å². The maximum atomic E-state index is 12.9. The summed E-state index contributed by atoms with van der Waals surface area (Å²) in [4.78, 5) is 49.9. The van der Waals surface area contributed by atoms with Crippen molar-refractivity contribution < 1.29 is 28.8 Å². The fourth-order valence-corrected chi connectivity index (χ4v) is 3.82. The number of benzene rings is 2. The second-order valence-electron chi connectivity index (χ2n) is 8.77. The number of hydrogen-bond acceptors (Lipinski definition) is 7. The molecule has 1 aliphatic rings. The number of carbonyl (C=O) groups excluding carboxylic acids is 3. The summed E-state index contributed by atoms with van der Waals surface area (Å²) in [5.41, 5.74) is -0.914. The van der Waals surface area contributed by atoms with Crippen LogP contribution in [0, 0.1) is 10.1 Å². The van der Waals surface area contributed by atoms with Crippen molar-refractivity contribution in [2.75, 3.05) is 11.9 Å². The monoisotopic (exact) mass is 523 g/mol. The van der Waals surface area contributed by atoms with E-state index in [2.05, 4.69) is 5.32 Å². The zero-order chi connectivity index (χ0) is 25.9. The molecule has 1 N–H and O–H groups in total. The maximum Gasteiger partial charge on any atom is 0.416 e. The molecule has 10 nitrogen and oxygen atoms in total. The summed E-state index contributed by atoms with van der Waals surface area (Å²) in [5.74, 6) is -1.34. The third kappa shape index (κ3) is 6.61. The standard InChI is InChI=1S/C23H23Cl2N3O7/c1-23(2,3)35-21(30)18-5-4-10-27(18)22(31)34-19-9-6-13(24)11-15(19)20(29)26-17-8-7-14(28(32)33)12-16(17)25/h6-9,11-12,18H,4-5,10H2,1-3H3,(H,26,29). The summed E-state index contributed by atoms with van der Waals surface area (Å²) in [6.07, 6.45) is 0.200. The van der Waals surface area contributed by atoms with Gasteiger partial charge in [-0.15, -0.1) is 0 Å². The Bertz CT molecular complexity index is 1180. The number of nitro benzene ring substituents is 1. The van der Waals surface area contributed by atoms with Gasteiger partial charge in [0.25, 0.3) is 11.6 Å². The highest BCUT2D eigenvalue weighted by molar-refractivity contribution is 6.34. The molecule has 0 bridgehead atoms. The van der Waals surface area contributed by atoms with Crippen molar-refractivity contribution in [2.24, 2.45) is 0 Å². The predicted octanol–water partition coefficient (Wildman–Crippen LogP) is 5.46. The number of nitrogens with one attached hydrogen (secondary N) is 1. The van der Waals surface area contributed by atoms with Crippen molar-refractivity contribution in [1.29, 1.82) is 0 Å². The van der Waals surface area contributed by atoms with Gasteiger partial charge in [0.1, 0.15) is 17.4 Å². The highest BCUT2D eigenvalue weighted by Crippen LogP contribution is 2.30. The molecule has 2 amide bonds. The molecule has 0 aliphatic carbocycles. The molecular weight excluding hydrogens is 501 g/mol. The Morgan fingerprint density at radius 2 is 1.86 bits per heavy atom. The molecule has 1 heterocycles. The summed E-state index contributed by atoms with van der Waals surface area (Å²) >= 11 is 12.1. The molecule has 1 aliphatic heterocycles. The highest BCUT2D eigenvalue weighted by Gasteiger charge is 2.38. The lowest BCUT2D eigenvalue weighted by molar-refractivity contribution is -0.384. The van der Waals surface area contributed by atoms with Crippen molar-refractivity contribution in [1.82, 2.24) is 4.90 Å². The number of non-ortho nitro benzene ring substituents is 1. The lowest BCUT2D eigenvalue weighted by Crippen LogP contribution is -2.44. The van der Waals surface area contributed by atoms with Gasteiger partial charge in [0.2, 0.25) is 0 Å². The molecule has 3 rings (SSSR count). The van der Waals surface area contributed by atoms with Gasteiger partial charge in [-0.25, -0.2) is 9.59 Å². The van der Waals surface area contributed by atoms with E-state index in [0.717, 1.165) is 6.07 Å². The summed E-state index contributed by atoms with van der Waals surface area (Å²) in [7, 11) is 0. The zero-order valence-electron chi connectivity index (χ0n) is 19.2. The van der Waals surface area contributed by atoms with Gasteiger partial charge in [-0.05, 0) is 57.9 Å². The van der Waals surface area contributed by atoms with Crippen LogP contribution in [0.4, 0.5) is 16.2 Å². The molecule has 2 aromatic carbocycles. The van der Waals surface area contributed by atoms with Crippen molar-refractivity contribution in [2.45, 2.75) is 45.3 Å². The molecule has 1 atom stereocenters. The first-order valence-corrected chi connectivity index (χ1v) is 11.4. The fraction of sp³-hybridized carbons (Fsp3) is 0.348. The summed E-state index contributed by atoms with van der Waals surface area (Å²) < 4.78 is 10.9. The van der Waals surface area contributed by atoms with E-state index in [9.17, 15) is 24.5 Å². The second-order valence-corrected chi connectivity index (χ2v) is 9.61. The summed E-state index contributed by atoms with van der Waals surface area (Å²) in [6.45, 7) is 5.49. The number of rotatable bonds is 5. The van der Waals surface area contributed by atoms with Gasteiger partial charge in [0, 0.05) is 23.7 Å². The average Bonchev–Trinajstić information content (AvgIpc) is 3.25. The number of halogens is 2. The molecule has 0 radical (unpaired) electrons. The highest BCUT2D eigenvalue weighted by atomic mass is 35.5. The van der Waals surface area contributed by atoms with Gasteiger partial charge in [0.15, 0.2) is 0 Å². The minimum atomic E-state index is -0.817. The van der Waals surface area contributed by atoms with E-state index in [0.29, 0.717) is 12.8 Å². The molecule has 35 heavy (non-hydrogen) atoms. The first-order chi connectivity index (χ1) is 16.4. The topological polar surface area (TPSA) is 128 Å². The molecule has 1 saturated heterocycles. The van der Waals surface area contributed by atoms with Gasteiger partial charge in [-0.1, -0.05) is 23.2 Å². The van der Waals surface area contributed by atoms with Crippen molar-refractivity contribution in [3.05, 3.63) is 62.1 Å². The van der Waals surface area contributed by atoms with Crippen LogP contribution in [-0.2, 0) is 9.53 Å². The number of nitro groups is 1. The Hall–Kier alpha value is -3.37. The van der Waals surface area contributed by atoms with Gasteiger partial charge < -0.3 is 14.8 Å². The van der Waals surface area contributed by atoms with E-state index in [4.69, 9.17) is 32.7 Å². The number of carbonyl (C=O) groups is 3. The van der Waals surface area contributed by atoms with E-state index < -0.39 is 34.5 Å². The number of ether oxygens (including phenoxy) is 2. The number of esters is 1. The zero-order valence-corrected chi connectivity index (χ0v) is 20.7. The predicted molar refractivity (Wildman–Crippen MR) is 129 cm³/mol. The Morgan fingerprint density at radius 3 is 2.49 bits per heavy atom. The second kappa shape index (κ2) is 10.5. The lowest BCUT2D eigenvalue weighted by atomic mass is 10.1. The Morgan fingerprint density at radius 1 is 1.14 bits per heavy atom. The van der Waals surface area contributed by atoms with Crippen molar-refractivity contribution in [3.8, 4) is 5.75 Å². The Balaban J connectivity index is 1.79. The van der Waals surface area contributed by atoms with Gasteiger partial charge in [-0.3, -0.25) is 19.8 Å². The molecule has 0 spiro atoms. The van der Waals surface area contributed by atoms with Crippen molar-refractivity contribution >= 4 is 52.5 Å². The van der Waals surface area contributed by atoms with Gasteiger partial charge in [-0.2, -0.15) is 0 Å². The van der Waals surface area contributed by atoms with E-state index in [1.165, 1.54) is 35.2 Å². The summed E-state index contributed by atoms with van der Waals surface area (Å²) in [6, 6.07) is 6.86. The number of anilines is 1. The molecule has 1 fully saturated rings. The smallest absolute Gasteiger partial charge is 0.416 e. The molecule has 1 unspecified atom stereocenters. The van der Waals surface area contributed by atoms with E-state index in [-0.39, 0.29) is 39.3 Å². The van der Waals surface area contributed by atoms with Crippen LogP contribution in [0.1, 0.15) is 44.0 Å². The molecule has 0 aromatic heterocycles. The van der Waals surface area contributed by atoms with Crippen LogP contribution >= 0.6 is 23.2 Å². The third-order valence-corrected chi connectivity index (χ3v) is 5.51. The number of amides is 2. The lowest BCUT2D eigenvalue weighted by Gasteiger charge is -2.27. The number of hydrogen-bond donors (Lipinski definition) is 1. The number of nitrogens with zero attached hydrogens (tertiary/aromatic N) is 2. The molecular formula is C23H23Cl2N3O7. The first kappa shape index (κ1) is 26.2. The van der Waals surface area contributed by atoms with Gasteiger partial charge >= 0.3 is 12.1 Å². The van der Waals surface area contributed by atoms with E-state index in [1.54, 1.807) is 20.8 Å². The van der Waals surface area contributed by atoms with Crippen LogP contribution in [0.25, 0.3) is 0 Å². The minimum Gasteiger partial charge on any atom is -0.458 e. The first-order valence-electron chi connectivity index (χ1n) is 10.6. The van der Waals surface area contributed by atoms with E-state index in [1.807, 2.05) is 0 Å². The normalized spacial score (nSPS) is 15.5. The number of likely N-dealkylation sites (tertiary alicyclic amines) is 1. The Labute approximate surface area is 211 Å². The third-order valence-electron chi connectivity index (χ3n) is 4.96. The molecule has 12 heteroatoms.